The van der Waals surface area contributed by atoms with Crippen molar-refractivity contribution < 1.29 is 4.79 Å². The van der Waals surface area contributed by atoms with Crippen LogP contribution < -0.4 is 16.2 Å². The van der Waals surface area contributed by atoms with E-state index in [1.54, 1.807) is 18.6 Å². The number of rotatable bonds is 6. The number of pyridine rings is 1. The molecule has 3 aliphatic carbocycles. The second kappa shape index (κ2) is 8.13. The van der Waals surface area contributed by atoms with Gasteiger partial charge in [-0.25, -0.2) is 4.68 Å². The zero-order valence-electron chi connectivity index (χ0n) is 17.6. The largest absolute Gasteiger partial charge is 0.380 e. The van der Waals surface area contributed by atoms with Gasteiger partial charge in [0.15, 0.2) is 0 Å². The molecule has 2 bridgehead atoms. The average Bonchev–Trinajstić information content (AvgIpc) is 2.73. The first-order valence-corrected chi connectivity index (χ1v) is 11.2. The third-order valence-corrected chi connectivity index (χ3v) is 7.98. The van der Waals surface area contributed by atoms with Gasteiger partial charge in [0, 0.05) is 25.0 Å². The van der Waals surface area contributed by atoms with E-state index in [1.165, 1.54) is 11.1 Å². The molecule has 2 heterocycles. The molecule has 2 N–H and O–H groups in total. The van der Waals surface area contributed by atoms with Crippen LogP contribution in [-0.4, -0.2) is 26.7 Å². The van der Waals surface area contributed by atoms with Gasteiger partial charge in [-0.15, -0.1) is 0 Å². The number of halogens is 1. The smallest absolute Gasteiger partial charge is 0.283 e. The number of nitrogens with zero attached hydrogens (tertiary/aromatic N) is 3. The second-order valence-electron chi connectivity index (χ2n) is 9.17. The van der Waals surface area contributed by atoms with Gasteiger partial charge in [-0.3, -0.25) is 14.6 Å². The van der Waals surface area contributed by atoms with E-state index in [-0.39, 0.29) is 18.0 Å². The number of carbonyl (C=O) groups excluding carboxylic acids is 1. The maximum absolute atomic E-state index is 12.7. The van der Waals surface area contributed by atoms with E-state index in [0.717, 1.165) is 17.9 Å². The first-order valence-electron chi connectivity index (χ1n) is 10.4. The van der Waals surface area contributed by atoms with E-state index < -0.39 is 0 Å². The number of amides is 1. The molecule has 3 fully saturated rings. The number of hydrogen-bond acceptors (Lipinski definition) is 5. The fourth-order valence-electron chi connectivity index (χ4n) is 5.11. The fourth-order valence-corrected chi connectivity index (χ4v) is 5.53. The first-order chi connectivity index (χ1) is 14.3. The quantitative estimate of drug-likeness (QED) is 0.672. The van der Waals surface area contributed by atoms with Crippen LogP contribution in [0.5, 0.6) is 0 Å². The predicted octanol–water partition coefficient (Wildman–Crippen LogP) is 3.20. The second-order valence-corrected chi connectivity index (χ2v) is 9.97. The van der Waals surface area contributed by atoms with Gasteiger partial charge in [0.05, 0.1) is 11.9 Å². The van der Waals surface area contributed by atoms with Gasteiger partial charge < -0.3 is 10.6 Å². The molecule has 160 valence electrons. The van der Waals surface area contributed by atoms with Crippen LogP contribution >= 0.6 is 15.9 Å². The third kappa shape index (κ3) is 3.89. The van der Waals surface area contributed by atoms with Crippen LogP contribution in [0.2, 0.25) is 0 Å². The first kappa shape index (κ1) is 21.0. The monoisotopic (exact) mass is 473 g/mol. The molecule has 0 saturated heterocycles. The minimum Gasteiger partial charge on any atom is -0.380 e. The lowest BCUT2D eigenvalue weighted by Crippen LogP contribution is -2.58. The van der Waals surface area contributed by atoms with Crippen molar-refractivity contribution in [3.05, 3.63) is 51.1 Å². The van der Waals surface area contributed by atoms with Crippen LogP contribution in [0.25, 0.3) is 0 Å². The summed E-state index contributed by atoms with van der Waals surface area (Å²) in [4.78, 5) is 28.9. The zero-order chi connectivity index (χ0) is 21.5. The van der Waals surface area contributed by atoms with Crippen LogP contribution in [0, 0.1) is 23.2 Å². The number of hydrogen-bond donors (Lipinski definition) is 2. The summed E-state index contributed by atoms with van der Waals surface area (Å²) in [5, 5.41) is 10.6. The van der Waals surface area contributed by atoms with Crippen molar-refractivity contribution in [1.29, 1.82) is 0 Å². The Bertz CT molecular complexity index is 991. The molecule has 8 heteroatoms. The SMILES string of the molecule is C[C@@H]1[C@@H](Nc2cnn(CC(=O)NCc3ccncc3)c(=O)c2Br)C[C@H]2C[C@@H]1C2(C)C. The Hall–Kier alpha value is -2.22. The lowest BCUT2D eigenvalue weighted by atomic mass is 9.45. The van der Waals surface area contributed by atoms with Crippen molar-refractivity contribution in [1.82, 2.24) is 20.1 Å². The zero-order valence-corrected chi connectivity index (χ0v) is 19.1. The highest BCUT2D eigenvalue weighted by Gasteiger charge is 2.56. The number of nitrogens with one attached hydrogen (secondary N) is 2. The molecule has 2 aromatic rings. The molecule has 0 aromatic carbocycles. The summed E-state index contributed by atoms with van der Waals surface area (Å²) >= 11 is 3.42. The van der Waals surface area contributed by atoms with Crippen molar-refractivity contribution in [2.24, 2.45) is 23.2 Å². The maximum atomic E-state index is 12.7. The molecule has 0 radical (unpaired) electrons. The molecule has 0 unspecified atom stereocenters. The number of aromatic nitrogens is 3. The van der Waals surface area contributed by atoms with Gasteiger partial charge in [-0.05, 0) is 69.6 Å². The number of fused-ring (bicyclic) bond motifs is 2. The van der Waals surface area contributed by atoms with Crippen LogP contribution in [0.1, 0.15) is 39.2 Å². The van der Waals surface area contributed by atoms with Gasteiger partial charge in [0.2, 0.25) is 5.91 Å². The Morgan fingerprint density at radius 2 is 2.03 bits per heavy atom. The Labute approximate surface area is 184 Å². The Morgan fingerprint density at radius 3 is 2.70 bits per heavy atom. The third-order valence-electron chi connectivity index (χ3n) is 7.21. The van der Waals surface area contributed by atoms with Crippen molar-refractivity contribution >= 4 is 27.5 Å². The highest BCUT2D eigenvalue weighted by molar-refractivity contribution is 9.10. The van der Waals surface area contributed by atoms with Crippen molar-refractivity contribution in [3.63, 3.8) is 0 Å². The molecule has 5 rings (SSSR count). The van der Waals surface area contributed by atoms with Gasteiger partial charge in [-0.2, -0.15) is 5.10 Å². The van der Waals surface area contributed by atoms with Crippen LogP contribution in [0.3, 0.4) is 0 Å². The van der Waals surface area contributed by atoms with Crippen molar-refractivity contribution in [2.45, 2.75) is 52.7 Å². The summed E-state index contributed by atoms with van der Waals surface area (Å²) in [5.74, 6) is 1.72. The van der Waals surface area contributed by atoms with Crippen molar-refractivity contribution in [2.75, 3.05) is 5.32 Å². The normalized spacial score (nSPS) is 26.5. The number of anilines is 1. The summed E-state index contributed by atoms with van der Waals surface area (Å²) in [6.45, 7) is 7.30. The Balaban J connectivity index is 1.39. The summed E-state index contributed by atoms with van der Waals surface area (Å²) in [6.07, 6.45) is 7.40. The van der Waals surface area contributed by atoms with E-state index in [1.807, 2.05) is 12.1 Å². The molecule has 7 nitrogen and oxygen atoms in total. The van der Waals surface area contributed by atoms with Crippen LogP contribution in [0.4, 0.5) is 5.69 Å². The molecule has 4 atom stereocenters. The molecular weight excluding hydrogens is 446 g/mol. The van der Waals surface area contributed by atoms with E-state index in [2.05, 4.69) is 57.4 Å². The molecule has 3 aliphatic rings. The summed E-state index contributed by atoms with van der Waals surface area (Å²) < 4.78 is 1.60. The molecule has 2 aromatic heterocycles. The van der Waals surface area contributed by atoms with E-state index in [0.29, 0.717) is 40.0 Å². The predicted molar refractivity (Wildman–Crippen MR) is 119 cm³/mol. The van der Waals surface area contributed by atoms with Gasteiger partial charge >= 0.3 is 0 Å². The van der Waals surface area contributed by atoms with E-state index in [4.69, 9.17) is 0 Å². The minimum absolute atomic E-state index is 0.124. The Morgan fingerprint density at radius 1 is 1.30 bits per heavy atom. The fraction of sp³-hybridized carbons (Fsp3) is 0.545. The lowest BCUT2D eigenvalue weighted by Gasteiger charge is -2.62. The van der Waals surface area contributed by atoms with Gasteiger partial charge in [0.1, 0.15) is 11.0 Å². The minimum atomic E-state index is -0.312. The lowest BCUT2D eigenvalue weighted by molar-refractivity contribution is -0.122. The standard InChI is InChI=1S/C22H28BrN5O2/c1-13-16-8-15(22(16,2)3)9-17(13)27-18-11-26-28(21(30)20(18)23)12-19(29)25-10-14-4-6-24-7-5-14/h4-7,11,13,15-17,27H,8-10,12H2,1-3H3,(H,25,29)/t13-,15+,16-,17-/m0/s1. The summed E-state index contributed by atoms with van der Waals surface area (Å²) in [6, 6.07) is 4.00. The van der Waals surface area contributed by atoms with Crippen LogP contribution in [-0.2, 0) is 17.9 Å². The van der Waals surface area contributed by atoms with E-state index >= 15 is 0 Å². The summed E-state index contributed by atoms with van der Waals surface area (Å²) in [5.41, 5.74) is 1.75. The van der Waals surface area contributed by atoms with E-state index in [9.17, 15) is 9.59 Å². The van der Waals surface area contributed by atoms with Gasteiger partial charge in [-0.1, -0.05) is 20.8 Å². The Kier molecular flexibility index (Phi) is 5.70. The molecule has 1 amide bonds. The van der Waals surface area contributed by atoms with Crippen LogP contribution in [0.15, 0.2) is 40.0 Å². The maximum Gasteiger partial charge on any atom is 0.283 e. The summed E-state index contributed by atoms with van der Waals surface area (Å²) in [7, 11) is 0. The molecular formula is C22H28BrN5O2. The number of carbonyl (C=O) groups is 1. The van der Waals surface area contributed by atoms with Gasteiger partial charge in [0.25, 0.3) is 5.56 Å². The molecule has 30 heavy (non-hydrogen) atoms. The molecule has 0 aliphatic heterocycles. The topological polar surface area (TPSA) is 88.9 Å². The van der Waals surface area contributed by atoms with Crippen molar-refractivity contribution in [3.8, 4) is 0 Å². The average molecular weight is 474 g/mol. The highest BCUT2D eigenvalue weighted by Crippen LogP contribution is 2.61. The highest BCUT2D eigenvalue weighted by atomic mass is 79.9. The molecule has 3 saturated carbocycles. The molecule has 0 spiro atoms.